The number of amidine groups is 1. The van der Waals surface area contributed by atoms with Crippen molar-refractivity contribution in [2.75, 3.05) is 25.1 Å². The van der Waals surface area contributed by atoms with Gasteiger partial charge in [0.15, 0.2) is 0 Å². The van der Waals surface area contributed by atoms with Gasteiger partial charge in [-0.2, -0.15) is 0 Å². The van der Waals surface area contributed by atoms with E-state index in [-0.39, 0.29) is 6.04 Å². The molecule has 2 aromatic carbocycles. The van der Waals surface area contributed by atoms with E-state index in [1.165, 1.54) is 16.5 Å². The SMILES string of the molecule is CN(C[C@H]1COC(N)=N1)c1ccc2ccccc2c1. The van der Waals surface area contributed by atoms with Crippen LogP contribution in [0.1, 0.15) is 0 Å². The summed E-state index contributed by atoms with van der Waals surface area (Å²) < 4.78 is 5.17. The monoisotopic (exact) mass is 255 g/mol. The van der Waals surface area contributed by atoms with Gasteiger partial charge in [0.05, 0.1) is 0 Å². The first kappa shape index (κ1) is 11.8. The van der Waals surface area contributed by atoms with Gasteiger partial charge < -0.3 is 15.4 Å². The molecule has 1 atom stereocenters. The van der Waals surface area contributed by atoms with Gasteiger partial charge in [-0.1, -0.05) is 30.3 Å². The maximum absolute atomic E-state index is 5.52. The van der Waals surface area contributed by atoms with Crippen molar-refractivity contribution in [3.05, 3.63) is 42.5 Å². The lowest BCUT2D eigenvalue weighted by molar-refractivity contribution is 0.314. The summed E-state index contributed by atoms with van der Waals surface area (Å²) in [6.07, 6.45) is 0. The Labute approximate surface area is 112 Å². The van der Waals surface area contributed by atoms with Gasteiger partial charge in [0.2, 0.25) is 0 Å². The van der Waals surface area contributed by atoms with Crippen molar-refractivity contribution < 1.29 is 4.74 Å². The van der Waals surface area contributed by atoms with Crippen molar-refractivity contribution in [1.82, 2.24) is 0 Å². The molecule has 4 heteroatoms. The first-order chi connectivity index (χ1) is 9.22. The summed E-state index contributed by atoms with van der Waals surface area (Å²) in [6, 6.07) is 15.2. The molecule has 0 aromatic heterocycles. The average molecular weight is 255 g/mol. The molecular weight excluding hydrogens is 238 g/mol. The first-order valence-corrected chi connectivity index (χ1v) is 6.38. The quantitative estimate of drug-likeness (QED) is 0.912. The zero-order valence-electron chi connectivity index (χ0n) is 10.9. The Morgan fingerprint density at radius 1 is 1.26 bits per heavy atom. The Kier molecular flexibility index (Phi) is 2.99. The van der Waals surface area contributed by atoms with Crippen LogP contribution in [0.3, 0.4) is 0 Å². The number of nitrogens with zero attached hydrogens (tertiary/aromatic N) is 2. The van der Waals surface area contributed by atoms with E-state index < -0.39 is 0 Å². The summed E-state index contributed by atoms with van der Waals surface area (Å²) in [5.74, 6) is 0. The zero-order chi connectivity index (χ0) is 13.2. The van der Waals surface area contributed by atoms with Crippen molar-refractivity contribution in [1.29, 1.82) is 0 Å². The largest absolute Gasteiger partial charge is 0.463 e. The second kappa shape index (κ2) is 4.80. The van der Waals surface area contributed by atoms with E-state index in [0.29, 0.717) is 12.6 Å². The normalized spacial score (nSPS) is 18.2. The maximum atomic E-state index is 5.52. The highest BCUT2D eigenvalue weighted by Gasteiger charge is 2.18. The van der Waals surface area contributed by atoms with Crippen LogP contribution in [0.2, 0.25) is 0 Å². The van der Waals surface area contributed by atoms with Gasteiger partial charge >= 0.3 is 0 Å². The molecule has 2 N–H and O–H groups in total. The molecule has 1 aliphatic heterocycles. The van der Waals surface area contributed by atoms with Crippen molar-refractivity contribution in [2.45, 2.75) is 6.04 Å². The fourth-order valence-corrected chi connectivity index (χ4v) is 2.37. The molecule has 1 heterocycles. The number of anilines is 1. The minimum absolute atomic E-state index is 0.122. The van der Waals surface area contributed by atoms with Crippen molar-refractivity contribution in [3.63, 3.8) is 0 Å². The van der Waals surface area contributed by atoms with Crippen molar-refractivity contribution in [3.8, 4) is 0 Å². The molecule has 0 bridgehead atoms. The fourth-order valence-electron chi connectivity index (χ4n) is 2.37. The van der Waals surface area contributed by atoms with Gasteiger partial charge in [-0.05, 0) is 22.9 Å². The van der Waals surface area contributed by atoms with E-state index in [0.717, 1.165) is 6.54 Å². The number of hydrogen-bond donors (Lipinski definition) is 1. The van der Waals surface area contributed by atoms with Gasteiger partial charge in [-0.3, -0.25) is 0 Å². The van der Waals surface area contributed by atoms with Gasteiger partial charge in [0, 0.05) is 19.3 Å². The summed E-state index contributed by atoms with van der Waals surface area (Å²) >= 11 is 0. The molecule has 3 rings (SSSR count). The molecule has 98 valence electrons. The molecule has 0 fully saturated rings. The van der Waals surface area contributed by atoms with Crippen LogP contribution in [0, 0.1) is 0 Å². The van der Waals surface area contributed by atoms with Gasteiger partial charge in [0.25, 0.3) is 6.02 Å². The summed E-state index contributed by atoms with van der Waals surface area (Å²) in [7, 11) is 2.06. The Morgan fingerprint density at radius 3 is 2.79 bits per heavy atom. The Hall–Kier alpha value is -2.23. The molecule has 2 aromatic rings. The van der Waals surface area contributed by atoms with Crippen LogP contribution in [0.15, 0.2) is 47.5 Å². The molecule has 0 radical (unpaired) electrons. The number of ether oxygens (including phenoxy) is 1. The van der Waals surface area contributed by atoms with E-state index in [1.807, 2.05) is 0 Å². The minimum Gasteiger partial charge on any atom is -0.463 e. The van der Waals surface area contributed by atoms with E-state index >= 15 is 0 Å². The average Bonchev–Trinajstić information content (AvgIpc) is 2.83. The molecule has 0 spiro atoms. The number of nitrogens with two attached hydrogens (primary N) is 1. The van der Waals surface area contributed by atoms with Gasteiger partial charge in [-0.15, -0.1) is 0 Å². The highest BCUT2D eigenvalue weighted by Crippen LogP contribution is 2.21. The number of rotatable bonds is 3. The first-order valence-electron chi connectivity index (χ1n) is 6.38. The summed E-state index contributed by atoms with van der Waals surface area (Å²) in [5.41, 5.74) is 6.70. The van der Waals surface area contributed by atoms with E-state index in [1.54, 1.807) is 0 Å². The lowest BCUT2D eigenvalue weighted by Gasteiger charge is -2.21. The molecule has 19 heavy (non-hydrogen) atoms. The van der Waals surface area contributed by atoms with Crippen LogP contribution in [-0.2, 0) is 4.74 Å². The molecule has 0 saturated carbocycles. The second-order valence-electron chi connectivity index (χ2n) is 4.84. The molecule has 1 aliphatic rings. The predicted octanol–water partition coefficient (Wildman–Crippen LogP) is 1.99. The second-order valence-corrected chi connectivity index (χ2v) is 4.84. The van der Waals surface area contributed by atoms with E-state index in [9.17, 15) is 0 Å². The third kappa shape index (κ3) is 2.47. The van der Waals surface area contributed by atoms with Crippen LogP contribution < -0.4 is 10.6 Å². The molecule has 0 unspecified atom stereocenters. The highest BCUT2D eigenvalue weighted by molar-refractivity contribution is 5.85. The van der Waals surface area contributed by atoms with Gasteiger partial charge in [0.1, 0.15) is 12.6 Å². The Morgan fingerprint density at radius 2 is 2.05 bits per heavy atom. The number of hydrogen-bond acceptors (Lipinski definition) is 4. The summed E-state index contributed by atoms with van der Waals surface area (Å²) in [6.45, 7) is 1.38. The van der Waals surface area contributed by atoms with Crippen LogP contribution in [0.25, 0.3) is 10.8 Å². The number of likely N-dealkylation sites (N-methyl/N-ethyl adjacent to an activating group) is 1. The molecule has 0 saturated heterocycles. The predicted molar refractivity (Wildman–Crippen MR) is 78.6 cm³/mol. The highest BCUT2D eigenvalue weighted by atomic mass is 16.5. The van der Waals surface area contributed by atoms with Crippen LogP contribution in [0.4, 0.5) is 5.69 Å². The van der Waals surface area contributed by atoms with Gasteiger partial charge in [-0.25, -0.2) is 4.99 Å². The minimum atomic E-state index is 0.122. The Balaban J connectivity index is 1.79. The number of fused-ring (bicyclic) bond motifs is 1. The summed E-state index contributed by atoms with van der Waals surface area (Å²) in [5, 5.41) is 2.50. The lowest BCUT2D eigenvalue weighted by Crippen LogP contribution is -2.28. The molecular formula is C15H17N3O. The zero-order valence-corrected chi connectivity index (χ0v) is 10.9. The van der Waals surface area contributed by atoms with Crippen molar-refractivity contribution >= 4 is 22.5 Å². The fraction of sp³-hybridized carbons (Fsp3) is 0.267. The number of benzene rings is 2. The molecule has 0 amide bonds. The smallest absolute Gasteiger partial charge is 0.282 e. The Bertz CT molecular complexity index is 624. The topological polar surface area (TPSA) is 50.9 Å². The van der Waals surface area contributed by atoms with Crippen LogP contribution in [-0.4, -0.2) is 32.3 Å². The maximum Gasteiger partial charge on any atom is 0.282 e. The molecule has 4 nitrogen and oxygen atoms in total. The summed E-state index contributed by atoms with van der Waals surface area (Å²) in [4.78, 5) is 6.43. The standard InChI is InChI=1S/C15H17N3O/c1-18(9-13-10-19-15(16)17-13)14-7-6-11-4-2-3-5-12(11)8-14/h2-8,13H,9-10H2,1H3,(H2,16,17)/t13-/m0/s1. The third-order valence-corrected chi connectivity index (χ3v) is 3.39. The van der Waals surface area contributed by atoms with Crippen LogP contribution >= 0.6 is 0 Å². The van der Waals surface area contributed by atoms with Crippen LogP contribution in [0.5, 0.6) is 0 Å². The molecule has 0 aliphatic carbocycles. The lowest BCUT2D eigenvalue weighted by atomic mass is 10.1. The van der Waals surface area contributed by atoms with Crippen molar-refractivity contribution in [2.24, 2.45) is 10.7 Å². The third-order valence-electron chi connectivity index (χ3n) is 3.39. The number of aliphatic imine (C=N–C) groups is 1. The van der Waals surface area contributed by atoms with E-state index in [2.05, 4.69) is 59.4 Å². The van der Waals surface area contributed by atoms with E-state index in [4.69, 9.17) is 10.5 Å².